The third kappa shape index (κ3) is 6.33. The fraction of sp³-hybridized carbons (Fsp3) is 0.143. The van der Waals surface area contributed by atoms with E-state index in [0.29, 0.717) is 31.5 Å². The van der Waals surface area contributed by atoms with E-state index in [9.17, 15) is 19.5 Å². The van der Waals surface area contributed by atoms with E-state index < -0.39 is 11.8 Å². The van der Waals surface area contributed by atoms with Crippen molar-refractivity contribution in [3.63, 3.8) is 0 Å². The highest BCUT2D eigenvalue weighted by atomic mass is 32.1. The molecule has 5 N–H and O–H groups in total. The first kappa shape index (κ1) is 27.6. The molecule has 0 radical (unpaired) electrons. The van der Waals surface area contributed by atoms with Crippen LogP contribution in [0.4, 0.5) is 0 Å². The number of nitrogens with zero attached hydrogens (tertiary/aromatic N) is 1. The Balaban J connectivity index is 1.38. The van der Waals surface area contributed by atoms with Crippen molar-refractivity contribution in [1.82, 2.24) is 10.7 Å². The molecule has 1 unspecified atom stereocenters. The number of carbonyl (C=O) groups is 3. The molecule has 11 heteroatoms. The molecule has 3 amide bonds. The Hall–Kier alpha value is -4.48. The second-order valence-electron chi connectivity index (χ2n) is 8.54. The lowest BCUT2D eigenvalue weighted by molar-refractivity contribution is 0.0940. The van der Waals surface area contributed by atoms with Crippen LogP contribution in [0.1, 0.15) is 60.7 Å². The van der Waals surface area contributed by atoms with Crippen molar-refractivity contribution in [2.75, 3.05) is 7.11 Å². The summed E-state index contributed by atoms with van der Waals surface area (Å²) in [6.07, 6.45) is 0. The topological polar surface area (TPSA) is 143 Å². The number of methoxy groups -OCH3 is 1. The number of carbonyl (C=O) groups excluding carboxylic acids is 3. The smallest absolute Gasteiger partial charge is 0.281 e. The molecule has 2 aromatic carbocycles. The monoisotopic (exact) mass is 562 g/mol. The SMILES string of the molecule is COc1ccc(-c2scc(/C(C)=N/NC(=O)c3ccc(C(=O)NC(C)c4ccc(C(N)=O)cc4)s3)c2O)cc1. The van der Waals surface area contributed by atoms with Crippen LogP contribution in [0, 0.1) is 0 Å². The van der Waals surface area contributed by atoms with Crippen LogP contribution in [0.3, 0.4) is 0 Å². The summed E-state index contributed by atoms with van der Waals surface area (Å²) in [5, 5.41) is 19.5. The zero-order valence-electron chi connectivity index (χ0n) is 21.3. The van der Waals surface area contributed by atoms with Crippen LogP contribution in [-0.4, -0.2) is 35.6 Å². The number of amides is 3. The Morgan fingerprint density at radius 3 is 2.23 bits per heavy atom. The number of nitrogens with one attached hydrogen (secondary N) is 2. The maximum atomic E-state index is 12.7. The van der Waals surface area contributed by atoms with Crippen molar-refractivity contribution in [2.24, 2.45) is 10.8 Å². The molecule has 0 aliphatic heterocycles. The molecule has 0 saturated heterocycles. The van der Waals surface area contributed by atoms with Crippen molar-refractivity contribution in [1.29, 1.82) is 0 Å². The number of thiophene rings is 2. The lowest BCUT2D eigenvalue weighted by atomic mass is 10.1. The van der Waals surface area contributed by atoms with E-state index in [4.69, 9.17) is 10.5 Å². The van der Waals surface area contributed by atoms with Crippen molar-refractivity contribution in [3.8, 4) is 21.9 Å². The fourth-order valence-corrected chi connectivity index (χ4v) is 5.49. The third-order valence-corrected chi connectivity index (χ3v) is 8.03. The van der Waals surface area contributed by atoms with Gasteiger partial charge in [-0.05, 0) is 73.5 Å². The second-order valence-corrected chi connectivity index (χ2v) is 10.5. The highest BCUT2D eigenvalue weighted by molar-refractivity contribution is 7.16. The van der Waals surface area contributed by atoms with Gasteiger partial charge >= 0.3 is 0 Å². The number of hydrogen-bond donors (Lipinski definition) is 4. The molecule has 0 fully saturated rings. The molecule has 0 aliphatic carbocycles. The van der Waals surface area contributed by atoms with Crippen LogP contribution in [0.2, 0.25) is 0 Å². The number of nitrogens with two attached hydrogens (primary N) is 1. The van der Waals surface area contributed by atoms with Gasteiger partial charge in [0.2, 0.25) is 5.91 Å². The lowest BCUT2D eigenvalue weighted by Crippen LogP contribution is -2.26. The summed E-state index contributed by atoms with van der Waals surface area (Å²) in [6.45, 7) is 3.50. The Morgan fingerprint density at radius 1 is 0.974 bits per heavy atom. The van der Waals surface area contributed by atoms with Crippen molar-refractivity contribution < 1.29 is 24.2 Å². The fourth-order valence-electron chi connectivity index (χ4n) is 3.67. The highest BCUT2D eigenvalue weighted by Crippen LogP contribution is 2.39. The minimum absolute atomic E-state index is 0.0779. The Morgan fingerprint density at radius 2 is 1.62 bits per heavy atom. The van der Waals surface area contributed by atoms with Gasteiger partial charge in [-0.1, -0.05) is 12.1 Å². The lowest BCUT2D eigenvalue weighted by Gasteiger charge is -2.14. The summed E-state index contributed by atoms with van der Waals surface area (Å²) >= 11 is 2.40. The van der Waals surface area contributed by atoms with Crippen LogP contribution in [0.5, 0.6) is 11.5 Å². The van der Waals surface area contributed by atoms with Gasteiger partial charge in [-0.25, -0.2) is 5.43 Å². The van der Waals surface area contributed by atoms with Crippen molar-refractivity contribution >= 4 is 46.1 Å². The summed E-state index contributed by atoms with van der Waals surface area (Å²) < 4.78 is 5.18. The number of hydrogen-bond acceptors (Lipinski definition) is 8. The molecule has 2 aromatic heterocycles. The van der Waals surface area contributed by atoms with Crippen LogP contribution < -0.4 is 21.2 Å². The molecule has 0 spiro atoms. The minimum Gasteiger partial charge on any atom is -0.506 e. The average molecular weight is 563 g/mol. The summed E-state index contributed by atoms with van der Waals surface area (Å²) in [5.41, 5.74) is 10.7. The number of rotatable bonds is 9. The van der Waals surface area contributed by atoms with E-state index in [1.54, 1.807) is 55.8 Å². The molecular formula is C28H26N4O5S2. The van der Waals surface area contributed by atoms with Gasteiger partial charge in [0.15, 0.2) is 0 Å². The number of benzene rings is 2. The van der Waals surface area contributed by atoms with Gasteiger partial charge in [0.05, 0.1) is 39.1 Å². The predicted octanol–water partition coefficient (Wildman–Crippen LogP) is 4.93. The molecule has 4 aromatic rings. The maximum absolute atomic E-state index is 12.7. The average Bonchev–Trinajstić information content (AvgIpc) is 3.59. The van der Waals surface area contributed by atoms with E-state index in [1.807, 2.05) is 31.2 Å². The van der Waals surface area contributed by atoms with Gasteiger partial charge in [-0.2, -0.15) is 5.10 Å². The molecule has 0 saturated carbocycles. The van der Waals surface area contributed by atoms with Crippen molar-refractivity contribution in [2.45, 2.75) is 19.9 Å². The van der Waals surface area contributed by atoms with Gasteiger partial charge in [0.25, 0.3) is 11.8 Å². The Bertz CT molecular complexity index is 1540. The quantitative estimate of drug-likeness (QED) is 0.169. The highest BCUT2D eigenvalue weighted by Gasteiger charge is 2.18. The molecule has 0 bridgehead atoms. The van der Waals surface area contributed by atoms with E-state index in [2.05, 4.69) is 15.8 Å². The number of primary amides is 1. The molecule has 2 heterocycles. The second kappa shape index (κ2) is 11.9. The number of ether oxygens (including phenoxy) is 1. The van der Waals surface area contributed by atoms with Gasteiger partial charge in [0.1, 0.15) is 11.5 Å². The van der Waals surface area contributed by atoms with Crippen molar-refractivity contribution in [3.05, 3.63) is 92.5 Å². The molecule has 4 rings (SSSR count). The van der Waals surface area contributed by atoms with Crippen LogP contribution >= 0.6 is 22.7 Å². The maximum Gasteiger partial charge on any atom is 0.281 e. The first-order chi connectivity index (χ1) is 18.7. The van der Waals surface area contributed by atoms with E-state index >= 15 is 0 Å². The first-order valence-corrected chi connectivity index (χ1v) is 13.5. The van der Waals surface area contributed by atoms with E-state index in [-0.39, 0.29) is 17.7 Å². The molecule has 200 valence electrons. The molecular weight excluding hydrogens is 536 g/mol. The van der Waals surface area contributed by atoms with E-state index in [0.717, 1.165) is 28.2 Å². The number of aromatic hydroxyl groups is 1. The molecule has 9 nitrogen and oxygen atoms in total. The van der Waals surface area contributed by atoms with Gasteiger partial charge in [-0.3, -0.25) is 14.4 Å². The van der Waals surface area contributed by atoms with Crippen LogP contribution in [-0.2, 0) is 0 Å². The van der Waals surface area contributed by atoms with E-state index in [1.165, 1.54) is 11.3 Å². The normalized spacial score (nSPS) is 12.0. The summed E-state index contributed by atoms with van der Waals surface area (Å²) in [7, 11) is 1.59. The predicted molar refractivity (Wildman–Crippen MR) is 153 cm³/mol. The molecule has 39 heavy (non-hydrogen) atoms. The molecule has 0 aliphatic rings. The Kier molecular flexibility index (Phi) is 8.43. The van der Waals surface area contributed by atoms with Gasteiger partial charge < -0.3 is 20.9 Å². The molecule has 1 atom stereocenters. The number of hydrazone groups is 1. The largest absolute Gasteiger partial charge is 0.506 e. The summed E-state index contributed by atoms with van der Waals surface area (Å²) in [4.78, 5) is 38.0. The van der Waals surface area contributed by atoms with Crippen LogP contribution in [0.15, 0.2) is 71.1 Å². The Labute approximate surface area is 233 Å². The standard InChI is InChI=1S/C28H26N4O5S2/c1-15(17-4-6-19(7-5-17)26(29)34)30-27(35)22-12-13-23(39-22)28(36)32-31-16(2)21-14-38-25(24(21)33)18-8-10-20(37-3)11-9-18/h4-15,33H,1-3H3,(H2,29,34)(H,30,35)(H,32,36)/b31-16+. The summed E-state index contributed by atoms with van der Waals surface area (Å²) in [5.74, 6) is -0.532. The van der Waals surface area contributed by atoms with Crippen LogP contribution in [0.25, 0.3) is 10.4 Å². The zero-order valence-corrected chi connectivity index (χ0v) is 23.0. The van der Waals surface area contributed by atoms with Gasteiger partial charge in [-0.15, -0.1) is 22.7 Å². The minimum atomic E-state index is -0.521. The van der Waals surface area contributed by atoms with Gasteiger partial charge in [0, 0.05) is 10.9 Å². The summed E-state index contributed by atoms with van der Waals surface area (Å²) in [6, 6.07) is 16.8. The zero-order chi connectivity index (χ0) is 28.1. The first-order valence-electron chi connectivity index (χ1n) is 11.8. The third-order valence-electron chi connectivity index (χ3n) is 5.93.